The molecular weight excluding hydrogens is 378 g/mol. The Morgan fingerprint density at radius 1 is 0.903 bits per heavy atom. The van der Waals surface area contributed by atoms with E-state index in [0.717, 1.165) is 31.7 Å². The second kappa shape index (κ2) is 8.88. The summed E-state index contributed by atoms with van der Waals surface area (Å²) < 4.78 is 0. The molecule has 0 saturated heterocycles. The molecule has 2 nitrogen and oxygen atoms in total. The fourth-order valence-electron chi connectivity index (χ4n) is 5.31. The molecule has 1 fully saturated rings. The highest BCUT2D eigenvalue weighted by Gasteiger charge is 2.32. The molecule has 2 atom stereocenters. The molecule has 0 aliphatic heterocycles. The minimum atomic E-state index is 0.326. The van der Waals surface area contributed by atoms with Crippen LogP contribution in [0, 0.1) is 12.8 Å². The quantitative estimate of drug-likeness (QED) is 0.460. The van der Waals surface area contributed by atoms with Crippen LogP contribution in [0.15, 0.2) is 66.7 Å². The number of fused-ring (bicyclic) bond motifs is 1. The maximum absolute atomic E-state index is 10.0. The Labute approximate surface area is 186 Å². The third kappa shape index (κ3) is 4.55. The van der Waals surface area contributed by atoms with Gasteiger partial charge in [-0.3, -0.25) is 0 Å². The van der Waals surface area contributed by atoms with Gasteiger partial charge in [-0.15, -0.1) is 0 Å². The number of benzene rings is 3. The van der Waals surface area contributed by atoms with E-state index in [1.165, 1.54) is 52.8 Å². The van der Waals surface area contributed by atoms with E-state index in [1.54, 1.807) is 0 Å². The van der Waals surface area contributed by atoms with Crippen molar-refractivity contribution >= 4 is 0 Å². The molecule has 2 aliphatic rings. The SMILES string of the molecule is Cc1ccccc1[C@H]1CCc2cc(O)ccc2[C@H]1c1ccc(CCNCC2CC2)cc1. The average molecular weight is 412 g/mol. The normalized spacial score (nSPS) is 20.4. The summed E-state index contributed by atoms with van der Waals surface area (Å²) in [5.74, 6) is 2.10. The summed E-state index contributed by atoms with van der Waals surface area (Å²) in [4.78, 5) is 0. The number of rotatable bonds is 7. The molecule has 0 radical (unpaired) electrons. The van der Waals surface area contributed by atoms with E-state index in [4.69, 9.17) is 0 Å². The van der Waals surface area contributed by atoms with Crippen LogP contribution in [0.4, 0.5) is 0 Å². The summed E-state index contributed by atoms with van der Waals surface area (Å²) >= 11 is 0. The number of aromatic hydroxyl groups is 1. The molecule has 0 unspecified atom stereocenters. The Balaban J connectivity index is 1.42. The fraction of sp³-hybridized carbons (Fsp3) is 0.379. The van der Waals surface area contributed by atoms with E-state index in [0.29, 0.717) is 17.6 Å². The maximum atomic E-state index is 10.0. The van der Waals surface area contributed by atoms with Crippen molar-refractivity contribution in [2.24, 2.45) is 5.92 Å². The highest BCUT2D eigenvalue weighted by molar-refractivity contribution is 5.48. The molecule has 0 aromatic heterocycles. The third-order valence-electron chi connectivity index (χ3n) is 7.24. The van der Waals surface area contributed by atoms with Gasteiger partial charge in [0.2, 0.25) is 0 Å². The van der Waals surface area contributed by atoms with Crippen molar-refractivity contribution < 1.29 is 5.11 Å². The summed E-state index contributed by atoms with van der Waals surface area (Å²) in [7, 11) is 0. The summed E-state index contributed by atoms with van der Waals surface area (Å²) in [5.41, 5.74) is 8.29. The van der Waals surface area contributed by atoms with Crippen molar-refractivity contribution in [3.63, 3.8) is 0 Å². The van der Waals surface area contributed by atoms with Crippen LogP contribution in [-0.2, 0) is 12.8 Å². The number of phenols is 1. The lowest BCUT2D eigenvalue weighted by atomic mass is 9.68. The van der Waals surface area contributed by atoms with Crippen molar-refractivity contribution in [2.75, 3.05) is 13.1 Å². The standard InChI is InChI=1S/C29H33NO/c1-20-4-2-3-5-26(20)28-14-12-24-18-25(31)13-15-27(24)29(28)23-10-8-21(9-11-23)16-17-30-19-22-6-7-22/h2-5,8-11,13,15,18,22,28-31H,6-7,12,14,16-17,19H2,1H3/t28-,29-/m1/s1. The van der Waals surface area contributed by atoms with Crippen molar-refractivity contribution in [2.45, 2.75) is 50.9 Å². The van der Waals surface area contributed by atoms with E-state index in [1.807, 2.05) is 12.1 Å². The molecule has 2 N–H and O–H groups in total. The highest BCUT2D eigenvalue weighted by Crippen LogP contribution is 2.47. The number of aryl methyl sites for hydroxylation is 2. The minimum Gasteiger partial charge on any atom is -0.508 e. The Kier molecular flexibility index (Phi) is 5.82. The van der Waals surface area contributed by atoms with E-state index in [-0.39, 0.29) is 0 Å². The van der Waals surface area contributed by atoms with Gasteiger partial charge < -0.3 is 10.4 Å². The third-order valence-corrected chi connectivity index (χ3v) is 7.24. The number of hydrogen-bond acceptors (Lipinski definition) is 2. The van der Waals surface area contributed by atoms with Crippen molar-refractivity contribution in [3.05, 3.63) is 100 Å². The first-order valence-electron chi connectivity index (χ1n) is 11.9. The molecule has 0 heterocycles. The average Bonchev–Trinajstić information content (AvgIpc) is 3.61. The zero-order valence-electron chi connectivity index (χ0n) is 18.5. The fourth-order valence-corrected chi connectivity index (χ4v) is 5.31. The number of phenolic OH excluding ortho intramolecular Hbond substituents is 1. The van der Waals surface area contributed by atoms with Crippen molar-refractivity contribution in [1.82, 2.24) is 5.32 Å². The van der Waals surface area contributed by atoms with E-state index in [2.05, 4.69) is 66.8 Å². The summed E-state index contributed by atoms with van der Waals surface area (Å²) in [6.45, 7) is 4.48. The second-order valence-electron chi connectivity index (χ2n) is 9.50. The molecule has 0 spiro atoms. The molecule has 3 aromatic rings. The van der Waals surface area contributed by atoms with Crippen molar-refractivity contribution in [3.8, 4) is 5.75 Å². The highest BCUT2D eigenvalue weighted by atomic mass is 16.3. The zero-order valence-corrected chi connectivity index (χ0v) is 18.5. The molecule has 2 heteroatoms. The molecular formula is C29H33NO. The summed E-state index contributed by atoms with van der Waals surface area (Å²) in [6.07, 6.45) is 6.03. The predicted molar refractivity (Wildman–Crippen MR) is 128 cm³/mol. The second-order valence-corrected chi connectivity index (χ2v) is 9.50. The van der Waals surface area contributed by atoms with E-state index in [9.17, 15) is 5.11 Å². The van der Waals surface area contributed by atoms with Gasteiger partial charge in [0.25, 0.3) is 0 Å². The monoisotopic (exact) mass is 411 g/mol. The zero-order chi connectivity index (χ0) is 21.2. The molecule has 3 aromatic carbocycles. The maximum Gasteiger partial charge on any atom is 0.115 e. The Morgan fingerprint density at radius 2 is 1.71 bits per heavy atom. The minimum absolute atomic E-state index is 0.326. The lowest BCUT2D eigenvalue weighted by Gasteiger charge is -2.35. The largest absolute Gasteiger partial charge is 0.508 e. The molecule has 1 saturated carbocycles. The first-order valence-corrected chi connectivity index (χ1v) is 11.9. The Hall–Kier alpha value is -2.58. The van der Waals surface area contributed by atoms with Gasteiger partial charge in [0.15, 0.2) is 0 Å². The van der Waals surface area contributed by atoms with E-state index < -0.39 is 0 Å². The van der Waals surface area contributed by atoms with Crippen LogP contribution in [0.1, 0.15) is 64.5 Å². The van der Waals surface area contributed by atoms with Gasteiger partial charge >= 0.3 is 0 Å². The van der Waals surface area contributed by atoms with Crippen LogP contribution in [0.2, 0.25) is 0 Å². The molecule has 5 rings (SSSR count). The van der Waals surface area contributed by atoms with Gasteiger partial charge in [-0.05, 0) is 109 Å². The van der Waals surface area contributed by atoms with Crippen LogP contribution in [0.25, 0.3) is 0 Å². The van der Waals surface area contributed by atoms with Crippen LogP contribution in [-0.4, -0.2) is 18.2 Å². The molecule has 0 amide bonds. The topological polar surface area (TPSA) is 32.3 Å². The molecule has 160 valence electrons. The summed E-state index contributed by atoms with van der Waals surface area (Å²) in [6, 6.07) is 24.1. The van der Waals surface area contributed by atoms with Gasteiger partial charge in [0, 0.05) is 5.92 Å². The van der Waals surface area contributed by atoms with Crippen molar-refractivity contribution in [1.29, 1.82) is 0 Å². The lowest BCUT2D eigenvalue weighted by Crippen LogP contribution is -2.21. The predicted octanol–water partition coefficient (Wildman–Crippen LogP) is 6.10. The van der Waals surface area contributed by atoms with Gasteiger partial charge in [-0.1, -0.05) is 54.6 Å². The summed E-state index contributed by atoms with van der Waals surface area (Å²) in [5, 5.41) is 13.6. The van der Waals surface area contributed by atoms with Crippen LogP contribution >= 0.6 is 0 Å². The lowest BCUT2D eigenvalue weighted by molar-refractivity contribution is 0.469. The number of nitrogens with one attached hydrogen (secondary N) is 1. The van der Waals surface area contributed by atoms with Crippen LogP contribution in [0.5, 0.6) is 5.75 Å². The Morgan fingerprint density at radius 3 is 2.48 bits per heavy atom. The smallest absolute Gasteiger partial charge is 0.115 e. The van der Waals surface area contributed by atoms with Crippen LogP contribution in [0.3, 0.4) is 0 Å². The molecule has 0 bridgehead atoms. The molecule has 2 aliphatic carbocycles. The van der Waals surface area contributed by atoms with Crippen LogP contribution < -0.4 is 5.32 Å². The van der Waals surface area contributed by atoms with Gasteiger partial charge in [0.1, 0.15) is 5.75 Å². The van der Waals surface area contributed by atoms with Gasteiger partial charge in [0.05, 0.1) is 0 Å². The first-order chi connectivity index (χ1) is 15.2. The number of hydrogen-bond donors (Lipinski definition) is 2. The molecule has 31 heavy (non-hydrogen) atoms. The van der Waals surface area contributed by atoms with Gasteiger partial charge in [-0.2, -0.15) is 0 Å². The van der Waals surface area contributed by atoms with E-state index >= 15 is 0 Å². The van der Waals surface area contributed by atoms with Gasteiger partial charge in [-0.25, -0.2) is 0 Å². The first kappa shape index (κ1) is 20.3. The Bertz CT molecular complexity index is 1030.